The minimum atomic E-state index is 0.00408. The highest BCUT2D eigenvalue weighted by atomic mass is 16.1. The Balaban J connectivity index is 2.55. The van der Waals surface area contributed by atoms with Crippen LogP contribution in [0.15, 0.2) is 24.3 Å². The first-order valence-corrected chi connectivity index (χ1v) is 6.01. The number of aromatic nitrogens is 1. The van der Waals surface area contributed by atoms with Gasteiger partial charge in [0.2, 0.25) is 11.4 Å². The fourth-order valence-corrected chi connectivity index (χ4v) is 1.98. The number of benzene rings is 1. The molecule has 0 radical (unpaired) electrons. The Labute approximate surface area is 106 Å². The summed E-state index contributed by atoms with van der Waals surface area (Å²) < 4.78 is 2.08. The molecule has 1 aromatic heterocycles. The van der Waals surface area contributed by atoms with Crippen LogP contribution in [0.1, 0.15) is 19.0 Å². The molecule has 0 bridgehead atoms. The zero-order valence-corrected chi connectivity index (χ0v) is 10.9. The molecule has 2 aromatic rings. The molecule has 2 rings (SSSR count). The molecule has 4 heteroatoms. The quantitative estimate of drug-likeness (QED) is 0.793. The molecule has 0 aliphatic rings. The van der Waals surface area contributed by atoms with E-state index in [0.717, 1.165) is 28.0 Å². The molecular formula is C14H18N3O+. The van der Waals surface area contributed by atoms with Gasteiger partial charge < -0.3 is 11.1 Å². The molecule has 0 fully saturated rings. The van der Waals surface area contributed by atoms with Crippen LogP contribution in [0.25, 0.3) is 10.9 Å². The van der Waals surface area contributed by atoms with E-state index in [9.17, 15) is 4.79 Å². The van der Waals surface area contributed by atoms with Gasteiger partial charge in [-0.1, -0.05) is 6.92 Å². The van der Waals surface area contributed by atoms with Gasteiger partial charge in [-0.3, -0.25) is 4.79 Å². The molecule has 0 aliphatic heterocycles. The Kier molecular flexibility index (Phi) is 3.19. The molecule has 0 aliphatic carbocycles. The summed E-state index contributed by atoms with van der Waals surface area (Å²) in [6, 6.07) is 7.73. The summed E-state index contributed by atoms with van der Waals surface area (Å²) >= 11 is 0. The monoisotopic (exact) mass is 244 g/mol. The number of pyridine rings is 1. The molecule has 0 saturated heterocycles. The Morgan fingerprint density at radius 2 is 2.11 bits per heavy atom. The first kappa shape index (κ1) is 12.4. The van der Waals surface area contributed by atoms with Crippen molar-refractivity contribution >= 4 is 28.2 Å². The Morgan fingerprint density at radius 1 is 1.39 bits per heavy atom. The van der Waals surface area contributed by atoms with E-state index in [1.54, 1.807) is 0 Å². The van der Waals surface area contributed by atoms with Gasteiger partial charge in [0, 0.05) is 31.2 Å². The number of nitrogens with one attached hydrogen (secondary N) is 1. The molecule has 0 unspecified atom stereocenters. The lowest BCUT2D eigenvalue weighted by molar-refractivity contribution is -0.651. The predicted octanol–water partition coefficient (Wildman–Crippen LogP) is 1.90. The van der Waals surface area contributed by atoms with E-state index in [-0.39, 0.29) is 5.91 Å². The van der Waals surface area contributed by atoms with Gasteiger partial charge in [0.15, 0.2) is 5.69 Å². The lowest BCUT2D eigenvalue weighted by Crippen LogP contribution is -2.33. The van der Waals surface area contributed by atoms with Crippen molar-refractivity contribution in [2.24, 2.45) is 7.05 Å². The number of carbonyl (C=O) groups is 1. The van der Waals surface area contributed by atoms with E-state index >= 15 is 0 Å². The predicted molar refractivity (Wildman–Crippen MR) is 73.2 cm³/mol. The van der Waals surface area contributed by atoms with Crippen molar-refractivity contribution in [3.63, 3.8) is 0 Å². The van der Waals surface area contributed by atoms with Crippen molar-refractivity contribution in [1.29, 1.82) is 0 Å². The number of amides is 1. The summed E-state index contributed by atoms with van der Waals surface area (Å²) in [5.41, 5.74) is 9.70. The normalized spacial score (nSPS) is 10.6. The number of rotatable bonds is 2. The number of anilines is 2. The maximum absolute atomic E-state index is 11.4. The van der Waals surface area contributed by atoms with Gasteiger partial charge in [0.1, 0.15) is 7.05 Å². The van der Waals surface area contributed by atoms with E-state index in [1.165, 1.54) is 0 Å². The number of hydrogen-bond donors (Lipinski definition) is 2. The maximum Gasteiger partial charge on any atom is 0.224 e. The van der Waals surface area contributed by atoms with Crippen LogP contribution in [0.5, 0.6) is 0 Å². The Hall–Kier alpha value is -2.10. The maximum atomic E-state index is 11.4. The van der Waals surface area contributed by atoms with E-state index in [0.29, 0.717) is 6.42 Å². The number of carbonyl (C=O) groups excluding carboxylic acids is 1. The average Bonchev–Trinajstić information content (AvgIpc) is 2.36. The van der Waals surface area contributed by atoms with Gasteiger partial charge >= 0.3 is 0 Å². The molecule has 4 nitrogen and oxygen atoms in total. The third-order valence-electron chi connectivity index (χ3n) is 3.17. The Morgan fingerprint density at radius 3 is 2.78 bits per heavy atom. The van der Waals surface area contributed by atoms with Crippen molar-refractivity contribution in [1.82, 2.24) is 0 Å². The fourth-order valence-electron chi connectivity index (χ4n) is 1.98. The van der Waals surface area contributed by atoms with Gasteiger partial charge in [-0.2, -0.15) is 4.57 Å². The molecular weight excluding hydrogens is 226 g/mol. The van der Waals surface area contributed by atoms with Crippen LogP contribution in [-0.4, -0.2) is 5.91 Å². The van der Waals surface area contributed by atoms with Crippen molar-refractivity contribution in [3.05, 3.63) is 30.0 Å². The first-order chi connectivity index (χ1) is 8.52. The van der Waals surface area contributed by atoms with Gasteiger partial charge in [-0.15, -0.1) is 0 Å². The van der Waals surface area contributed by atoms with Crippen LogP contribution >= 0.6 is 0 Å². The first-order valence-electron chi connectivity index (χ1n) is 6.01. The zero-order valence-electron chi connectivity index (χ0n) is 10.9. The number of aryl methyl sites for hydroxylation is 2. The number of hydrogen-bond acceptors (Lipinski definition) is 2. The molecule has 0 spiro atoms. The molecule has 3 N–H and O–H groups in total. The molecule has 1 heterocycles. The molecule has 1 aromatic carbocycles. The largest absolute Gasteiger partial charge is 0.398 e. The summed E-state index contributed by atoms with van der Waals surface area (Å²) in [5.74, 6) is 0.00408. The van der Waals surface area contributed by atoms with Crippen LogP contribution in [0, 0.1) is 6.92 Å². The molecule has 1 amide bonds. The van der Waals surface area contributed by atoms with Crippen LogP contribution in [-0.2, 0) is 11.8 Å². The minimum Gasteiger partial charge on any atom is -0.398 e. The van der Waals surface area contributed by atoms with Crippen molar-refractivity contribution in [2.45, 2.75) is 20.3 Å². The van der Waals surface area contributed by atoms with E-state index < -0.39 is 0 Å². The van der Waals surface area contributed by atoms with Crippen LogP contribution < -0.4 is 15.6 Å². The van der Waals surface area contributed by atoms with E-state index in [1.807, 2.05) is 45.2 Å². The lowest BCUT2D eigenvalue weighted by Gasteiger charge is -2.07. The van der Waals surface area contributed by atoms with Gasteiger partial charge in [-0.05, 0) is 12.1 Å². The highest BCUT2D eigenvalue weighted by Crippen LogP contribution is 2.22. The Bertz CT molecular complexity index is 620. The van der Waals surface area contributed by atoms with E-state index in [2.05, 4.69) is 9.88 Å². The lowest BCUT2D eigenvalue weighted by atomic mass is 10.1. The van der Waals surface area contributed by atoms with Gasteiger partial charge in [-0.25, -0.2) is 0 Å². The number of nitrogens with zero attached hydrogens (tertiary/aromatic N) is 1. The molecule has 94 valence electrons. The SMILES string of the molecule is CCC(=O)Nc1ccc2c(c1)c(N)cc(C)[n+]2C. The molecule has 18 heavy (non-hydrogen) atoms. The van der Waals surface area contributed by atoms with Crippen molar-refractivity contribution < 1.29 is 9.36 Å². The average molecular weight is 244 g/mol. The number of nitrogen functional groups attached to an aromatic ring is 1. The summed E-state index contributed by atoms with van der Waals surface area (Å²) in [5, 5.41) is 3.80. The minimum absolute atomic E-state index is 0.00408. The van der Waals surface area contributed by atoms with Crippen molar-refractivity contribution in [2.75, 3.05) is 11.1 Å². The zero-order chi connectivity index (χ0) is 13.3. The highest BCUT2D eigenvalue weighted by Gasteiger charge is 2.12. The van der Waals surface area contributed by atoms with E-state index in [4.69, 9.17) is 5.73 Å². The molecule has 0 atom stereocenters. The summed E-state index contributed by atoms with van der Waals surface area (Å²) in [4.78, 5) is 11.4. The third kappa shape index (κ3) is 2.14. The topological polar surface area (TPSA) is 59.0 Å². The molecule has 0 saturated carbocycles. The van der Waals surface area contributed by atoms with Gasteiger partial charge in [0.05, 0.1) is 11.1 Å². The summed E-state index contributed by atoms with van der Waals surface area (Å²) in [6.07, 6.45) is 0.467. The number of nitrogens with two attached hydrogens (primary N) is 1. The standard InChI is InChI=1S/C14H17N3O/c1-4-14(18)16-10-5-6-13-11(8-10)12(15)7-9(2)17(13)3/h5-8,15H,4H2,1-3H3,(H,16,18)/p+1. The van der Waals surface area contributed by atoms with Crippen LogP contribution in [0.3, 0.4) is 0 Å². The van der Waals surface area contributed by atoms with Crippen LogP contribution in [0.2, 0.25) is 0 Å². The number of fused-ring (bicyclic) bond motifs is 1. The second kappa shape index (κ2) is 4.64. The van der Waals surface area contributed by atoms with Crippen LogP contribution in [0.4, 0.5) is 11.4 Å². The van der Waals surface area contributed by atoms with Crippen molar-refractivity contribution in [3.8, 4) is 0 Å². The fraction of sp³-hybridized carbons (Fsp3) is 0.286. The van der Waals surface area contributed by atoms with Gasteiger partial charge in [0.25, 0.3) is 0 Å². The second-order valence-electron chi connectivity index (χ2n) is 4.43. The smallest absolute Gasteiger partial charge is 0.224 e. The highest BCUT2D eigenvalue weighted by molar-refractivity contribution is 5.96. The second-order valence-corrected chi connectivity index (χ2v) is 4.43. The third-order valence-corrected chi connectivity index (χ3v) is 3.17. The summed E-state index contributed by atoms with van der Waals surface area (Å²) in [6.45, 7) is 3.84. The summed E-state index contributed by atoms with van der Waals surface area (Å²) in [7, 11) is 2.00.